The Bertz CT molecular complexity index is 461. The van der Waals surface area contributed by atoms with Crippen molar-refractivity contribution in [1.82, 2.24) is 10.6 Å². The number of nitrogens with one attached hydrogen (secondary N) is 2. The van der Waals surface area contributed by atoms with E-state index in [9.17, 15) is 4.79 Å². The second-order valence-electron chi connectivity index (χ2n) is 6.34. The third kappa shape index (κ3) is 5.29. The molecule has 124 valence electrons. The van der Waals surface area contributed by atoms with Gasteiger partial charge in [0.05, 0.1) is 0 Å². The second kappa shape index (κ2) is 9.16. The Morgan fingerprint density at radius 3 is 2.64 bits per heavy atom. The molecule has 22 heavy (non-hydrogen) atoms. The normalized spacial score (nSPS) is 22.5. The van der Waals surface area contributed by atoms with Crippen molar-refractivity contribution in [2.45, 2.75) is 52.0 Å². The molecule has 1 amide bonds. The van der Waals surface area contributed by atoms with Crippen LogP contribution in [0.1, 0.15) is 50.7 Å². The summed E-state index contributed by atoms with van der Waals surface area (Å²) in [4.78, 5) is 12.2. The van der Waals surface area contributed by atoms with Gasteiger partial charge in [0, 0.05) is 12.5 Å². The molecule has 3 unspecified atom stereocenters. The fourth-order valence-electron chi connectivity index (χ4n) is 2.97. The number of piperidine rings is 1. The fourth-order valence-corrected chi connectivity index (χ4v) is 2.97. The average molecular weight is 325 g/mol. The van der Waals surface area contributed by atoms with E-state index in [0.29, 0.717) is 18.4 Å². The van der Waals surface area contributed by atoms with E-state index in [1.807, 2.05) is 0 Å². The Morgan fingerprint density at radius 2 is 2.05 bits per heavy atom. The molecule has 1 aliphatic heterocycles. The lowest BCUT2D eigenvalue weighted by Gasteiger charge is -2.30. The highest BCUT2D eigenvalue weighted by atomic mass is 35.5. The van der Waals surface area contributed by atoms with Gasteiger partial charge in [-0.25, -0.2) is 0 Å². The molecule has 1 saturated heterocycles. The van der Waals surface area contributed by atoms with Crippen molar-refractivity contribution in [1.29, 1.82) is 0 Å². The van der Waals surface area contributed by atoms with Gasteiger partial charge < -0.3 is 10.6 Å². The molecule has 1 aliphatic rings. The van der Waals surface area contributed by atoms with Crippen molar-refractivity contribution in [3.05, 3.63) is 35.4 Å². The van der Waals surface area contributed by atoms with Crippen molar-refractivity contribution in [2.24, 2.45) is 5.92 Å². The van der Waals surface area contributed by atoms with Crippen LogP contribution in [0.15, 0.2) is 24.3 Å². The first-order chi connectivity index (χ1) is 10.1. The molecular formula is C18H29ClN2O. The topological polar surface area (TPSA) is 41.1 Å². The number of hydrogen-bond donors (Lipinski definition) is 2. The summed E-state index contributed by atoms with van der Waals surface area (Å²) in [5.74, 6) is 0.968. The quantitative estimate of drug-likeness (QED) is 0.872. The van der Waals surface area contributed by atoms with Gasteiger partial charge in [0.25, 0.3) is 0 Å². The third-order valence-corrected chi connectivity index (χ3v) is 4.58. The standard InChI is InChI=1S/C18H28N2O.ClH/c1-4-15-5-7-16(8-6-15)13(2)11-18(21)20-17-9-10-19-12-14(17)3;/h5-8,13-14,17,19H,4,9-12H2,1-3H3,(H,20,21);1H. The van der Waals surface area contributed by atoms with Gasteiger partial charge in [-0.1, -0.05) is 45.0 Å². The van der Waals surface area contributed by atoms with Gasteiger partial charge in [-0.05, 0) is 48.9 Å². The number of amides is 1. The van der Waals surface area contributed by atoms with Gasteiger partial charge in [0.2, 0.25) is 5.91 Å². The van der Waals surface area contributed by atoms with E-state index in [4.69, 9.17) is 0 Å². The monoisotopic (exact) mass is 324 g/mol. The van der Waals surface area contributed by atoms with E-state index >= 15 is 0 Å². The zero-order valence-electron chi connectivity index (χ0n) is 13.9. The van der Waals surface area contributed by atoms with Gasteiger partial charge >= 0.3 is 0 Å². The van der Waals surface area contributed by atoms with Crippen molar-refractivity contribution in [2.75, 3.05) is 13.1 Å². The highest BCUT2D eigenvalue weighted by Gasteiger charge is 2.23. The SMILES string of the molecule is CCc1ccc(C(C)CC(=O)NC2CCNCC2C)cc1.Cl. The summed E-state index contributed by atoms with van der Waals surface area (Å²) in [7, 11) is 0. The van der Waals surface area contributed by atoms with Gasteiger partial charge in [-0.2, -0.15) is 0 Å². The lowest BCUT2D eigenvalue weighted by Crippen LogP contribution is -2.48. The predicted molar refractivity (Wildman–Crippen MR) is 94.7 cm³/mol. The minimum absolute atomic E-state index is 0. The third-order valence-electron chi connectivity index (χ3n) is 4.58. The Morgan fingerprint density at radius 1 is 1.36 bits per heavy atom. The number of hydrogen-bond acceptors (Lipinski definition) is 2. The molecule has 1 aromatic rings. The lowest BCUT2D eigenvalue weighted by atomic mass is 9.93. The summed E-state index contributed by atoms with van der Waals surface area (Å²) in [5.41, 5.74) is 2.60. The Labute approximate surface area is 140 Å². The van der Waals surface area contributed by atoms with Crippen molar-refractivity contribution < 1.29 is 4.79 Å². The second-order valence-corrected chi connectivity index (χ2v) is 6.34. The summed E-state index contributed by atoms with van der Waals surface area (Å²) in [6.07, 6.45) is 2.66. The van der Waals surface area contributed by atoms with Gasteiger partial charge in [0.15, 0.2) is 0 Å². The van der Waals surface area contributed by atoms with Crippen molar-refractivity contribution in [3.8, 4) is 0 Å². The fraction of sp³-hybridized carbons (Fsp3) is 0.611. The predicted octanol–water partition coefficient (Wildman–Crippen LogP) is 3.28. The molecule has 0 bridgehead atoms. The highest BCUT2D eigenvalue weighted by molar-refractivity contribution is 5.85. The Hall–Kier alpha value is -1.06. The number of benzene rings is 1. The van der Waals surface area contributed by atoms with Gasteiger partial charge in [-0.15, -0.1) is 12.4 Å². The maximum atomic E-state index is 12.2. The lowest BCUT2D eigenvalue weighted by molar-refractivity contribution is -0.122. The zero-order valence-corrected chi connectivity index (χ0v) is 14.7. The largest absolute Gasteiger partial charge is 0.353 e. The van der Waals surface area contributed by atoms with E-state index in [1.165, 1.54) is 11.1 Å². The van der Waals surface area contributed by atoms with Crippen LogP contribution >= 0.6 is 12.4 Å². The molecule has 0 aromatic heterocycles. The molecule has 1 heterocycles. The maximum absolute atomic E-state index is 12.2. The first-order valence-corrected chi connectivity index (χ1v) is 8.19. The van der Waals surface area contributed by atoms with Crippen LogP contribution < -0.4 is 10.6 Å². The van der Waals surface area contributed by atoms with Gasteiger partial charge in [-0.3, -0.25) is 4.79 Å². The molecule has 0 spiro atoms. The van der Waals surface area contributed by atoms with Crippen molar-refractivity contribution >= 4 is 18.3 Å². The number of carbonyl (C=O) groups excluding carboxylic acids is 1. The van der Waals surface area contributed by atoms with E-state index in [2.05, 4.69) is 55.7 Å². The summed E-state index contributed by atoms with van der Waals surface area (Å²) >= 11 is 0. The maximum Gasteiger partial charge on any atom is 0.220 e. The number of carbonyl (C=O) groups is 1. The summed E-state index contributed by atoms with van der Waals surface area (Å²) in [6, 6.07) is 8.97. The van der Waals surface area contributed by atoms with Crippen LogP contribution in [0.4, 0.5) is 0 Å². The average Bonchev–Trinajstić information content (AvgIpc) is 2.49. The molecule has 0 radical (unpaired) electrons. The minimum atomic E-state index is 0. The van der Waals surface area contributed by atoms with E-state index in [-0.39, 0.29) is 24.2 Å². The molecule has 2 N–H and O–H groups in total. The molecule has 1 aromatic carbocycles. The molecule has 3 nitrogen and oxygen atoms in total. The van der Waals surface area contributed by atoms with Crippen LogP contribution in [0.2, 0.25) is 0 Å². The number of halogens is 1. The Balaban J connectivity index is 0.00000242. The highest BCUT2D eigenvalue weighted by Crippen LogP contribution is 2.20. The van der Waals surface area contributed by atoms with Crippen LogP contribution in [-0.4, -0.2) is 25.0 Å². The van der Waals surface area contributed by atoms with E-state index in [1.54, 1.807) is 0 Å². The molecule has 0 saturated carbocycles. The summed E-state index contributed by atoms with van der Waals surface area (Å²) in [5, 5.41) is 6.58. The van der Waals surface area contributed by atoms with Crippen LogP contribution in [0.3, 0.4) is 0 Å². The van der Waals surface area contributed by atoms with Crippen molar-refractivity contribution in [3.63, 3.8) is 0 Å². The summed E-state index contributed by atoms with van der Waals surface area (Å²) < 4.78 is 0. The molecule has 3 atom stereocenters. The van der Waals surface area contributed by atoms with E-state index < -0.39 is 0 Å². The first kappa shape index (κ1) is 19.0. The molecule has 1 fully saturated rings. The van der Waals surface area contributed by atoms with E-state index in [0.717, 1.165) is 25.9 Å². The van der Waals surface area contributed by atoms with Crippen LogP contribution in [0, 0.1) is 5.92 Å². The van der Waals surface area contributed by atoms with Crippen LogP contribution in [-0.2, 0) is 11.2 Å². The number of aryl methyl sites for hydroxylation is 1. The zero-order chi connectivity index (χ0) is 15.2. The first-order valence-electron chi connectivity index (χ1n) is 8.19. The molecule has 4 heteroatoms. The molecule has 0 aliphatic carbocycles. The van der Waals surface area contributed by atoms with Crippen LogP contribution in [0.25, 0.3) is 0 Å². The Kier molecular flexibility index (Phi) is 7.91. The number of rotatable bonds is 5. The van der Waals surface area contributed by atoms with Gasteiger partial charge in [0.1, 0.15) is 0 Å². The summed E-state index contributed by atoms with van der Waals surface area (Å²) in [6.45, 7) is 8.49. The smallest absolute Gasteiger partial charge is 0.220 e. The molecular weight excluding hydrogens is 296 g/mol. The van der Waals surface area contributed by atoms with Crippen LogP contribution in [0.5, 0.6) is 0 Å². The molecule has 2 rings (SSSR count). The minimum Gasteiger partial charge on any atom is -0.353 e.